The second-order valence-corrected chi connectivity index (χ2v) is 4.38. The molecular weight excluding hydrogens is 196 g/mol. The molecule has 0 aromatic heterocycles. The number of amides is 1. The number of rotatable bonds is 5. The van der Waals surface area contributed by atoms with Gasteiger partial charge in [-0.2, -0.15) is 0 Å². The molecule has 15 heavy (non-hydrogen) atoms. The van der Waals surface area contributed by atoms with Crippen LogP contribution in [0.25, 0.3) is 0 Å². The van der Waals surface area contributed by atoms with Crippen LogP contribution in [0.4, 0.5) is 0 Å². The van der Waals surface area contributed by atoms with E-state index in [1.54, 1.807) is 6.92 Å². The maximum Gasteiger partial charge on any atom is 0.234 e. The topological polar surface area (TPSA) is 84.7 Å². The van der Waals surface area contributed by atoms with E-state index in [1.807, 2.05) is 13.8 Å². The largest absolute Gasteiger partial charge is 0.361 e. The van der Waals surface area contributed by atoms with E-state index < -0.39 is 11.6 Å². The number of nitrogens with one attached hydrogen (secondary N) is 1. The van der Waals surface area contributed by atoms with Gasteiger partial charge in [0.15, 0.2) is 5.78 Å². The summed E-state index contributed by atoms with van der Waals surface area (Å²) in [5.41, 5.74) is 4.49. The average Bonchev–Trinajstić information content (AvgIpc) is 2.92. The van der Waals surface area contributed by atoms with Gasteiger partial charge in [0.2, 0.25) is 5.91 Å². The lowest BCUT2D eigenvalue weighted by Gasteiger charge is -2.22. The van der Waals surface area contributed by atoms with Crippen LogP contribution in [-0.2, 0) is 14.3 Å². The highest BCUT2D eigenvalue weighted by Gasteiger charge is 2.50. The Bertz CT molecular complexity index is 272. The van der Waals surface area contributed by atoms with Crippen molar-refractivity contribution in [3.63, 3.8) is 0 Å². The Morgan fingerprint density at radius 1 is 1.53 bits per heavy atom. The lowest BCUT2D eigenvalue weighted by Crippen LogP contribution is -2.50. The molecule has 0 radical (unpaired) electrons. The van der Waals surface area contributed by atoms with Gasteiger partial charge in [-0.05, 0) is 12.8 Å². The Hall–Kier alpha value is -0.940. The van der Waals surface area contributed by atoms with Gasteiger partial charge in [-0.25, -0.2) is 0 Å². The van der Waals surface area contributed by atoms with E-state index in [9.17, 15) is 9.59 Å². The molecule has 0 bridgehead atoms. The average molecular weight is 214 g/mol. The van der Waals surface area contributed by atoms with Gasteiger partial charge in [0, 0.05) is 0 Å². The van der Waals surface area contributed by atoms with E-state index in [0.29, 0.717) is 6.61 Å². The summed E-state index contributed by atoms with van der Waals surface area (Å²) in [5.74, 6) is -0.348. The number of Topliss-reactive ketones (excluding diaryl/α,β-unsaturated/α-hetero) is 1. The minimum absolute atomic E-state index is 0.0361. The fourth-order valence-corrected chi connectivity index (χ4v) is 1.35. The number of carbonyl (C=O) groups is 2. The van der Waals surface area contributed by atoms with Crippen molar-refractivity contribution in [2.24, 2.45) is 11.7 Å². The van der Waals surface area contributed by atoms with Gasteiger partial charge in [-0.1, -0.05) is 13.8 Å². The predicted octanol–water partition coefficient (Wildman–Crippen LogP) is -0.556. The van der Waals surface area contributed by atoms with Gasteiger partial charge in [0.05, 0.1) is 19.2 Å². The third-order valence-corrected chi connectivity index (χ3v) is 2.55. The van der Waals surface area contributed by atoms with Crippen LogP contribution in [0, 0.1) is 5.92 Å². The molecule has 3 N–H and O–H groups in total. The monoisotopic (exact) mass is 214 g/mol. The molecular formula is C10H18N2O3. The minimum atomic E-state index is -0.698. The second kappa shape index (κ2) is 4.28. The molecule has 86 valence electrons. The highest BCUT2D eigenvalue weighted by atomic mass is 16.6. The standard InChI is InChI=1S/C10H18N2O3/c1-6(2)8(12-7(13)4-11)9(14)10(3)5-15-10/h6,8H,4-5,11H2,1-3H3,(H,12,13)/t8-,10+/m0/s1. The van der Waals surface area contributed by atoms with Crippen LogP contribution in [0.15, 0.2) is 0 Å². The molecule has 0 spiro atoms. The molecule has 0 aliphatic carbocycles. The van der Waals surface area contributed by atoms with Gasteiger partial charge in [0.25, 0.3) is 0 Å². The SMILES string of the molecule is CC(C)[C@H](NC(=O)CN)C(=O)[C@@]1(C)CO1. The fraction of sp³-hybridized carbons (Fsp3) is 0.800. The van der Waals surface area contributed by atoms with E-state index in [0.717, 1.165) is 0 Å². The maximum atomic E-state index is 11.9. The molecule has 1 aliphatic heterocycles. The van der Waals surface area contributed by atoms with E-state index in [-0.39, 0.29) is 24.2 Å². The van der Waals surface area contributed by atoms with Crippen molar-refractivity contribution in [3.05, 3.63) is 0 Å². The Labute approximate surface area is 89.3 Å². The first-order chi connectivity index (χ1) is 6.90. The summed E-state index contributed by atoms with van der Waals surface area (Å²) < 4.78 is 5.07. The lowest BCUT2D eigenvalue weighted by molar-refractivity contribution is -0.131. The first-order valence-corrected chi connectivity index (χ1v) is 5.08. The summed E-state index contributed by atoms with van der Waals surface area (Å²) >= 11 is 0. The summed E-state index contributed by atoms with van der Waals surface area (Å²) in [5, 5.41) is 2.62. The zero-order valence-electron chi connectivity index (χ0n) is 9.37. The van der Waals surface area contributed by atoms with E-state index >= 15 is 0 Å². The van der Waals surface area contributed by atoms with Crippen LogP contribution >= 0.6 is 0 Å². The van der Waals surface area contributed by atoms with Crippen molar-refractivity contribution in [2.45, 2.75) is 32.4 Å². The Kier molecular flexibility index (Phi) is 3.46. The molecule has 1 amide bonds. The first-order valence-electron chi connectivity index (χ1n) is 5.08. The number of carbonyl (C=O) groups excluding carboxylic acids is 2. The molecule has 5 nitrogen and oxygen atoms in total. The number of hydrogen-bond donors (Lipinski definition) is 2. The Balaban J connectivity index is 2.65. The van der Waals surface area contributed by atoms with Gasteiger partial charge < -0.3 is 15.8 Å². The predicted molar refractivity (Wildman–Crippen MR) is 55.2 cm³/mol. The van der Waals surface area contributed by atoms with Crippen molar-refractivity contribution in [1.29, 1.82) is 0 Å². The summed E-state index contributed by atoms with van der Waals surface area (Å²) in [4.78, 5) is 23.1. The second-order valence-electron chi connectivity index (χ2n) is 4.38. The van der Waals surface area contributed by atoms with Crippen LogP contribution < -0.4 is 11.1 Å². The molecule has 1 fully saturated rings. The molecule has 1 rings (SSSR count). The third kappa shape index (κ3) is 2.76. The van der Waals surface area contributed by atoms with Crippen LogP contribution in [0.2, 0.25) is 0 Å². The zero-order valence-corrected chi connectivity index (χ0v) is 9.37. The minimum Gasteiger partial charge on any atom is -0.361 e. The number of ether oxygens (including phenoxy) is 1. The van der Waals surface area contributed by atoms with Gasteiger partial charge in [0.1, 0.15) is 5.60 Å². The molecule has 0 aromatic rings. The molecule has 0 unspecified atom stereocenters. The van der Waals surface area contributed by atoms with Crippen LogP contribution in [0.1, 0.15) is 20.8 Å². The number of epoxide rings is 1. The highest BCUT2D eigenvalue weighted by Crippen LogP contribution is 2.29. The van der Waals surface area contributed by atoms with E-state index in [4.69, 9.17) is 10.5 Å². The summed E-state index contributed by atoms with van der Waals surface area (Å²) in [6, 6.07) is -0.506. The van der Waals surface area contributed by atoms with E-state index in [2.05, 4.69) is 5.32 Å². The molecule has 0 saturated carbocycles. The van der Waals surface area contributed by atoms with Gasteiger partial charge in [-0.15, -0.1) is 0 Å². The van der Waals surface area contributed by atoms with Gasteiger partial charge in [-0.3, -0.25) is 9.59 Å². The highest BCUT2D eigenvalue weighted by molar-refractivity contribution is 5.96. The normalized spacial score (nSPS) is 26.2. The summed E-state index contributed by atoms with van der Waals surface area (Å²) in [6.45, 7) is 5.83. The van der Waals surface area contributed by atoms with Crippen molar-refractivity contribution >= 4 is 11.7 Å². The quantitative estimate of drug-likeness (QED) is 0.601. The molecule has 0 aromatic carbocycles. The summed E-state index contributed by atoms with van der Waals surface area (Å²) in [6.07, 6.45) is 0. The van der Waals surface area contributed by atoms with E-state index in [1.165, 1.54) is 0 Å². The van der Waals surface area contributed by atoms with Crippen molar-refractivity contribution in [1.82, 2.24) is 5.32 Å². The van der Waals surface area contributed by atoms with Crippen molar-refractivity contribution in [3.8, 4) is 0 Å². The third-order valence-electron chi connectivity index (χ3n) is 2.55. The Morgan fingerprint density at radius 3 is 2.40 bits per heavy atom. The Morgan fingerprint density at radius 2 is 2.07 bits per heavy atom. The molecule has 2 atom stereocenters. The number of ketones is 1. The van der Waals surface area contributed by atoms with Crippen molar-refractivity contribution in [2.75, 3.05) is 13.2 Å². The maximum absolute atomic E-state index is 11.9. The molecule has 1 heterocycles. The first kappa shape index (κ1) is 12.1. The molecule has 5 heteroatoms. The van der Waals surface area contributed by atoms with Crippen LogP contribution in [-0.4, -0.2) is 36.5 Å². The smallest absolute Gasteiger partial charge is 0.234 e. The van der Waals surface area contributed by atoms with Crippen molar-refractivity contribution < 1.29 is 14.3 Å². The lowest BCUT2D eigenvalue weighted by atomic mass is 9.92. The number of nitrogens with two attached hydrogens (primary N) is 1. The number of hydrogen-bond acceptors (Lipinski definition) is 4. The fourth-order valence-electron chi connectivity index (χ4n) is 1.35. The summed E-state index contributed by atoms with van der Waals surface area (Å²) in [7, 11) is 0. The van der Waals surface area contributed by atoms with Crippen LogP contribution in [0.3, 0.4) is 0 Å². The van der Waals surface area contributed by atoms with Crippen LogP contribution in [0.5, 0.6) is 0 Å². The van der Waals surface area contributed by atoms with Gasteiger partial charge >= 0.3 is 0 Å². The zero-order chi connectivity index (χ0) is 11.6. The molecule has 1 saturated heterocycles. The molecule has 1 aliphatic rings.